The molecule has 23 heavy (non-hydrogen) atoms. The van der Waals surface area contributed by atoms with Gasteiger partial charge in [0.1, 0.15) is 22.2 Å². The van der Waals surface area contributed by atoms with Crippen LogP contribution in [-0.2, 0) is 5.75 Å². The maximum Gasteiger partial charge on any atom is 0.353 e. The summed E-state index contributed by atoms with van der Waals surface area (Å²) in [5.41, 5.74) is 0.981. The lowest BCUT2D eigenvalue weighted by Crippen LogP contribution is -2.03. The highest BCUT2D eigenvalue weighted by molar-refractivity contribution is 7.98. The molecule has 0 aliphatic carbocycles. The Hall–Kier alpha value is -2.66. The molecular formula is C18H14O4S. The van der Waals surface area contributed by atoms with E-state index in [1.165, 1.54) is 30.0 Å². The highest BCUT2D eigenvalue weighted by atomic mass is 32.2. The van der Waals surface area contributed by atoms with E-state index in [0.717, 1.165) is 5.56 Å². The molecule has 0 atom stereocenters. The number of thioether (sulfide) groups is 1. The molecule has 0 spiro atoms. The lowest BCUT2D eigenvalue weighted by atomic mass is 10.1. The Morgan fingerprint density at radius 3 is 2.43 bits per heavy atom. The molecule has 0 unspecified atom stereocenters. The summed E-state index contributed by atoms with van der Waals surface area (Å²) in [5.74, 6) is 0.713. The van der Waals surface area contributed by atoms with Crippen molar-refractivity contribution in [3.05, 3.63) is 76.6 Å². The van der Waals surface area contributed by atoms with Crippen LogP contribution in [0.5, 0.6) is 11.5 Å². The Balaban J connectivity index is 1.87. The molecule has 4 nitrogen and oxygen atoms in total. The predicted molar refractivity (Wildman–Crippen MR) is 89.7 cm³/mol. The lowest BCUT2D eigenvalue weighted by molar-refractivity contribution is 0.430. The van der Waals surface area contributed by atoms with Gasteiger partial charge < -0.3 is 14.6 Å². The molecule has 0 aliphatic rings. The van der Waals surface area contributed by atoms with Crippen LogP contribution < -0.4 is 5.63 Å². The summed E-state index contributed by atoms with van der Waals surface area (Å²) in [5, 5.41) is 19.6. The highest BCUT2D eigenvalue weighted by Crippen LogP contribution is 2.32. The molecule has 3 rings (SSSR count). The molecule has 5 heteroatoms. The van der Waals surface area contributed by atoms with Gasteiger partial charge in [-0.05, 0) is 17.7 Å². The molecule has 0 radical (unpaired) electrons. The zero-order valence-electron chi connectivity index (χ0n) is 12.1. The van der Waals surface area contributed by atoms with Crippen molar-refractivity contribution in [2.24, 2.45) is 0 Å². The monoisotopic (exact) mass is 326 g/mol. The van der Waals surface area contributed by atoms with Gasteiger partial charge in [-0.2, -0.15) is 0 Å². The first-order valence-corrected chi connectivity index (χ1v) is 7.95. The van der Waals surface area contributed by atoms with Gasteiger partial charge in [-0.25, -0.2) is 4.79 Å². The minimum atomic E-state index is -0.593. The first-order chi connectivity index (χ1) is 11.1. The van der Waals surface area contributed by atoms with Crippen molar-refractivity contribution in [1.82, 2.24) is 0 Å². The molecule has 0 bridgehead atoms. The van der Waals surface area contributed by atoms with Gasteiger partial charge in [0.15, 0.2) is 0 Å². The Morgan fingerprint density at radius 1 is 0.957 bits per heavy atom. The molecule has 1 heterocycles. The Bertz CT molecular complexity index is 872. The van der Waals surface area contributed by atoms with Gasteiger partial charge in [-0.3, -0.25) is 0 Å². The molecule has 0 saturated heterocycles. The van der Waals surface area contributed by atoms with Crippen LogP contribution in [0.4, 0.5) is 0 Å². The molecule has 0 saturated carbocycles. The van der Waals surface area contributed by atoms with Crippen LogP contribution in [0.2, 0.25) is 0 Å². The first-order valence-electron chi connectivity index (χ1n) is 6.97. The van der Waals surface area contributed by atoms with E-state index in [9.17, 15) is 15.0 Å². The van der Waals surface area contributed by atoms with Crippen molar-refractivity contribution in [3.63, 3.8) is 0 Å². The normalized spacial score (nSPS) is 10.6. The van der Waals surface area contributed by atoms with Gasteiger partial charge >= 0.3 is 5.63 Å². The SMILES string of the molecule is O=c1oc(-c2cccc(O)c2)cc(O)c1SCc1ccccc1. The third-order valence-corrected chi connectivity index (χ3v) is 4.39. The van der Waals surface area contributed by atoms with Gasteiger partial charge in [0.05, 0.1) is 0 Å². The second kappa shape index (κ2) is 6.62. The smallest absolute Gasteiger partial charge is 0.353 e. The third kappa shape index (κ3) is 3.57. The van der Waals surface area contributed by atoms with Gasteiger partial charge in [0, 0.05) is 17.4 Å². The summed E-state index contributed by atoms with van der Waals surface area (Å²) in [6.45, 7) is 0. The summed E-state index contributed by atoms with van der Waals surface area (Å²) >= 11 is 1.23. The van der Waals surface area contributed by atoms with E-state index in [4.69, 9.17) is 4.42 Å². The molecule has 0 amide bonds. The molecule has 116 valence electrons. The van der Waals surface area contributed by atoms with Crippen LogP contribution in [0.3, 0.4) is 0 Å². The van der Waals surface area contributed by atoms with Crippen molar-refractivity contribution < 1.29 is 14.6 Å². The maximum atomic E-state index is 12.1. The molecule has 1 aromatic heterocycles. The number of hydrogen-bond acceptors (Lipinski definition) is 5. The van der Waals surface area contributed by atoms with Crippen LogP contribution >= 0.6 is 11.8 Å². The van der Waals surface area contributed by atoms with Crippen molar-refractivity contribution in [1.29, 1.82) is 0 Å². The summed E-state index contributed by atoms with van der Waals surface area (Å²) < 4.78 is 5.27. The minimum absolute atomic E-state index is 0.0622. The standard InChI is InChI=1S/C18H14O4S/c19-14-8-4-7-13(9-14)16-10-15(20)17(18(21)22-16)23-11-12-5-2-1-3-6-12/h1-10,19-20H,11H2. The quantitative estimate of drug-likeness (QED) is 0.709. The average molecular weight is 326 g/mol. The average Bonchev–Trinajstić information content (AvgIpc) is 2.55. The van der Waals surface area contributed by atoms with E-state index in [1.54, 1.807) is 12.1 Å². The fourth-order valence-corrected chi connectivity index (χ4v) is 3.00. The van der Waals surface area contributed by atoms with Gasteiger partial charge in [-0.15, -0.1) is 11.8 Å². The number of rotatable bonds is 4. The molecular weight excluding hydrogens is 312 g/mol. The van der Waals surface area contributed by atoms with Gasteiger partial charge in [0.2, 0.25) is 0 Å². The zero-order valence-corrected chi connectivity index (χ0v) is 12.9. The van der Waals surface area contributed by atoms with Crippen LogP contribution in [0.25, 0.3) is 11.3 Å². The van der Waals surface area contributed by atoms with Crippen molar-refractivity contribution >= 4 is 11.8 Å². The molecule has 3 aromatic rings. The fraction of sp³-hybridized carbons (Fsp3) is 0.0556. The van der Waals surface area contributed by atoms with Crippen molar-refractivity contribution in [2.75, 3.05) is 0 Å². The van der Waals surface area contributed by atoms with E-state index in [1.807, 2.05) is 30.3 Å². The Kier molecular flexibility index (Phi) is 4.39. The highest BCUT2D eigenvalue weighted by Gasteiger charge is 2.13. The first kappa shape index (κ1) is 15.2. The number of aromatic hydroxyl groups is 2. The van der Waals surface area contributed by atoms with Gasteiger partial charge in [-0.1, -0.05) is 42.5 Å². The summed E-state index contributed by atoms with van der Waals surface area (Å²) in [4.78, 5) is 12.3. The number of hydrogen-bond donors (Lipinski definition) is 2. The number of phenolic OH excluding ortho intramolecular Hbond substituents is 1. The van der Waals surface area contributed by atoms with Crippen molar-refractivity contribution in [2.45, 2.75) is 10.6 Å². The van der Waals surface area contributed by atoms with Gasteiger partial charge in [0.25, 0.3) is 0 Å². The molecule has 2 N–H and O–H groups in total. The minimum Gasteiger partial charge on any atom is -0.508 e. The summed E-state index contributed by atoms with van der Waals surface area (Å²) in [6.07, 6.45) is 0. The predicted octanol–water partition coefficient (Wildman–Crippen LogP) is 4.01. The van der Waals surface area contributed by atoms with Crippen molar-refractivity contribution in [3.8, 4) is 22.8 Å². The summed E-state index contributed by atoms with van der Waals surface area (Å²) in [7, 11) is 0. The van der Waals surface area contributed by atoms with Crippen LogP contribution in [-0.4, -0.2) is 10.2 Å². The molecule has 2 aromatic carbocycles. The zero-order chi connectivity index (χ0) is 16.2. The third-order valence-electron chi connectivity index (χ3n) is 3.25. The lowest BCUT2D eigenvalue weighted by Gasteiger charge is -2.06. The van der Waals surface area contributed by atoms with E-state index in [2.05, 4.69) is 0 Å². The van der Waals surface area contributed by atoms with Crippen LogP contribution in [0.15, 0.2) is 74.8 Å². The Labute approximate surface area is 137 Å². The van der Waals surface area contributed by atoms with Crippen LogP contribution in [0.1, 0.15) is 5.56 Å². The second-order valence-corrected chi connectivity index (χ2v) is 5.92. The van der Waals surface area contributed by atoms with E-state index >= 15 is 0 Å². The van der Waals surface area contributed by atoms with Crippen LogP contribution in [0, 0.1) is 0 Å². The maximum absolute atomic E-state index is 12.1. The van der Waals surface area contributed by atoms with E-state index in [-0.39, 0.29) is 22.2 Å². The Morgan fingerprint density at radius 2 is 1.74 bits per heavy atom. The number of benzene rings is 2. The number of phenols is 1. The largest absolute Gasteiger partial charge is 0.508 e. The van der Waals surface area contributed by atoms with E-state index in [0.29, 0.717) is 11.3 Å². The fourth-order valence-electron chi connectivity index (χ4n) is 2.13. The second-order valence-electron chi connectivity index (χ2n) is 4.94. The molecule has 0 aliphatic heterocycles. The van der Waals surface area contributed by atoms with E-state index < -0.39 is 5.63 Å². The molecule has 0 fully saturated rings. The summed E-state index contributed by atoms with van der Waals surface area (Å²) in [6, 6.07) is 17.4. The topological polar surface area (TPSA) is 70.7 Å².